The Balaban J connectivity index is 2.08. The molecule has 2 rings (SSSR count). The smallest absolute Gasteiger partial charge is 0.245 e. The molecule has 0 radical (unpaired) electrons. The molecule has 2 saturated heterocycles. The highest BCUT2D eigenvalue weighted by atomic mass is 16.5. The molecule has 0 aromatic carbocycles. The Labute approximate surface area is 95.1 Å². The van der Waals surface area contributed by atoms with Gasteiger partial charge in [-0.1, -0.05) is 0 Å². The predicted molar refractivity (Wildman–Crippen MR) is 57.8 cm³/mol. The van der Waals surface area contributed by atoms with Gasteiger partial charge < -0.3 is 15.0 Å². The lowest BCUT2D eigenvalue weighted by Crippen LogP contribution is -2.65. The number of ether oxygens (including phenoxy) is 1. The maximum absolute atomic E-state index is 11.8. The second kappa shape index (κ2) is 4.05. The number of carbonyl (C=O) groups is 2. The Hall–Kier alpha value is -1.10. The molecular weight excluding hydrogens is 208 g/mol. The summed E-state index contributed by atoms with van der Waals surface area (Å²) in [6, 6.07) is 0. The zero-order valence-corrected chi connectivity index (χ0v) is 9.78. The Bertz CT molecular complexity index is 308. The van der Waals surface area contributed by atoms with Gasteiger partial charge in [0.1, 0.15) is 5.54 Å². The highest BCUT2D eigenvalue weighted by Gasteiger charge is 2.42. The Morgan fingerprint density at radius 1 is 1.50 bits per heavy atom. The van der Waals surface area contributed by atoms with Gasteiger partial charge in [-0.3, -0.25) is 9.59 Å². The maximum Gasteiger partial charge on any atom is 0.245 e. The first-order valence-electron chi connectivity index (χ1n) is 5.72. The molecule has 5 nitrogen and oxygen atoms in total. The van der Waals surface area contributed by atoms with Crippen molar-refractivity contribution in [2.45, 2.75) is 38.3 Å². The van der Waals surface area contributed by atoms with Crippen LogP contribution in [0.1, 0.15) is 26.7 Å². The predicted octanol–water partition coefficient (Wildman–Crippen LogP) is -0.0976. The highest BCUT2D eigenvalue weighted by molar-refractivity contribution is 5.97. The molecule has 0 aromatic rings. The second-order valence-electron chi connectivity index (χ2n) is 4.88. The van der Waals surface area contributed by atoms with Crippen molar-refractivity contribution < 1.29 is 14.3 Å². The van der Waals surface area contributed by atoms with Gasteiger partial charge in [0.15, 0.2) is 0 Å². The van der Waals surface area contributed by atoms with E-state index in [-0.39, 0.29) is 24.5 Å². The number of hydrogen-bond donors (Lipinski definition) is 1. The van der Waals surface area contributed by atoms with Gasteiger partial charge in [0.2, 0.25) is 11.8 Å². The molecule has 0 aliphatic carbocycles. The standard InChI is InChI=1S/C11H18N2O3/c1-11(2)10(15)12-6-9(14)13(11)7-8-4-3-5-16-8/h8H,3-7H2,1-2H3,(H,12,15). The third kappa shape index (κ3) is 1.91. The van der Waals surface area contributed by atoms with Crippen LogP contribution >= 0.6 is 0 Å². The number of carbonyl (C=O) groups excluding carboxylic acids is 2. The molecule has 1 unspecified atom stereocenters. The summed E-state index contributed by atoms with van der Waals surface area (Å²) in [5, 5.41) is 2.61. The summed E-state index contributed by atoms with van der Waals surface area (Å²) >= 11 is 0. The van der Waals surface area contributed by atoms with Crippen LogP contribution in [-0.2, 0) is 14.3 Å². The summed E-state index contributed by atoms with van der Waals surface area (Å²) in [6.07, 6.45) is 2.11. The first kappa shape index (κ1) is 11.4. The average Bonchev–Trinajstić information content (AvgIpc) is 2.72. The topological polar surface area (TPSA) is 58.6 Å². The summed E-state index contributed by atoms with van der Waals surface area (Å²) in [5.41, 5.74) is -0.763. The average molecular weight is 226 g/mol. The van der Waals surface area contributed by atoms with Crippen molar-refractivity contribution in [3.8, 4) is 0 Å². The van der Waals surface area contributed by atoms with Gasteiger partial charge in [-0.05, 0) is 26.7 Å². The fraction of sp³-hybridized carbons (Fsp3) is 0.818. The van der Waals surface area contributed by atoms with Crippen LogP contribution in [0.15, 0.2) is 0 Å². The van der Waals surface area contributed by atoms with E-state index in [1.807, 2.05) is 0 Å². The Morgan fingerprint density at radius 3 is 2.88 bits per heavy atom. The molecule has 2 fully saturated rings. The van der Waals surface area contributed by atoms with Crippen LogP contribution in [-0.4, -0.2) is 48.1 Å². The van der Waals surface area contributed by atoms with Gasteiger partial charge in [0.05, 0.1) is 12.6 Å². The van der Waals surface area contributed by atoms with E-state index in [1.165, 1.54) is 0 Å². The van der Waals surface area contributed by atoms with Crippen LogP contribution < -0.4 is 5.32 Å². The fourth-order valence-electron chi connectivity index (χ4n) is 2.22. The number of nitrogens with zero attached hydrogens (tertiary/aromatic N) is 1. The van der Waals surface area contributed by atoms with Crippen molar-refractivity contribution in [3.63, 3.8) is 0 Å². The van der Waals surface area contributed by atoms with Crippen molar-refractivity contribution in [2.75, 3.05) is 19.7 Å². The van der Waals surface area contributed by atoms with Crippen LogP contribution in [0, 0.1) is 0 Å². The normalized spacial score (nSPS) is 29.4. The molecule has 0 spiro atoms. The molecule has 2 aliphatic heterocycles. The largest absolute Gasteiger partial charge is 0.376 e. The monoisotopic (exact) mass is 226 g/mol. The minimum Gasteiger partial charge on any atom is -0.376 e. The van der Waals surface area contributed by atoms with Gasteiger partial charge in [-0.2, -0.15) is 0 Å². The maximum atomic E-state index is 11.8. The van der Waals surface area contributed by atoms with Crippen molar-refractivity contribution in [1.29, 1.82) is 0 Å². The van der Waals surface area contributed by atoms with Gasteiger partial charge in [-0.15, -0.1) is 0 Å². The number of rotatable bonds is 2. The number of hydrogen-bond acceptors (Lipinski definition) is 3. The third-order valence-corrected chi connectivity index (χ3v) is 3.34. The summed E-state index contributed by atoms with van der Waals surface area (Å²) in [6.45, 7) is 4.94. The highest BCUT2D eigenvalue weighted by Crippen LogP contribution is 2.22. The van der Waals surface area contributed by atoms with Gasteiger partial charge in [0.25, 0.3) is 0 Å². The summed E-state index contributed by atoms with van der Waals surface area (Å²) in [4.78, 5) is 25.1. The molecular formula is C11H18N2O3. The first-order chi connectivity index (χ1) is 7.51. The molecule has 2 amide bonds. The second-order valence-corrected chi connectivity index (χ2v) is 4.88. The van der Waals surface area contributed by atoms with Gasteiger partial charge in [-0.25, -0.2) is 0 Å². The quantitative estimate of drug-likeness (QED) is 0.715. The van der Waals surface area contributed by atoms with Crippen LogP contribution in [0.2, 0.25) is 0 Å². The van der Waals surface area contributed by atoms with E-state index in [0.717, 1.165) is 19.4 Å². The molecule has 1 atom stereocenters. The molecule has 0 bridgehead atoms. The van der Waals surface area contributed by atoms with Crippen molar-refractivity contribution in [2.24, 2.45) is 0 Å². The Morgan fingerprint density at radius 2 is 2.25 bits per heavy atom. The molecule has 5 heteroatoms. The Kier molecular flexibility index (Phi) is 2.88. The molecule has 0 aromatic heterocycles. The lowest BCUT2D eigenvalue weighted by molar-refractivity contribution is -0.153. The number of amides is 2. The zero-order chi connectivity index (χ0) is 11.8. The van der Waals surface area contributed by atoms with Gasteiger partial charge in [0, 0.05) is 13.2 Å². The molecule has 1 N–H and O–H groups in total. The van der Waals surface area contributed by atoms with E-state index >= 15 is 0 Å². The van der Waals surface area contributed by atoms with E-state index in [1.54, 1.807) is 18.7 Å². The van der Waals surface area contributed by atoms with E-state index in [4.69, 9.17) is 4.74 Å². The SMILES string of the molecule is CC1(C)C(=O)NCC(=O)N1CC1CCCO1. The van der Waals surface area contributed by atoms with E-state index in [0.29, 0.717) is 6.54 Å². The number of nitrogens with one attached hydrogen (secondary N) is 1. The minimum absolute atomic E-state index is 0.0277. The summed E-state index contributed by atoms with van der Waals surface area (Å²) in [5.74, 6) is -0.120. The van der Waals surface area contributed by atoms with Gasteiger partial charge >= 0.3 is 0 Å². The molecule has 2 aliphatic rings. The third-order valence-electron chi connectivity index (χ3n) is 3.34. The van der Waals surface area contributed by atoms with Crippen molar-refractivity contribution >= 4 is 11.8 Å². The lowest BCUT2D eigenvalue weighted by Gasteiger charge is -2.42. The van der Waals surface area contributed by atoms with Crippen LogP contribution in [0.25, 0.3) is 0 Å². The van der Waals surface area contributed by atoms with Crippen molar-refractivity contribution in [1.82, 2.24) is 10.2 Å². The zero-order valence-electron chi connectivity index (χ0n) is 9.78. The summed E-state index contributed by atoms with van der Waals surface area (Å²) < 4.78 is 5.51. The van der Waals surface area contributed by atoms with E-state index < -0.39 is 5.54 Å². The van der Waals surface area contributed by atoms with Crippen LogP contribution in [0.4, 0.5) is 0 Å². The fourth-order valence-corrected chi connectivity index (χ4v) is 2.22. The van der Waals surface area contributed by atoms with E-state index in [2.05, 4.69) is 5.32 Å². The van der Waals surface area contributed by atoms with Crippen molar-refractivity contribution in [3.05, 3.63) is 0 Å². The minimum atomic E-state index is -0.763. The van der Waals surface area contributed by atoms with Crippen LogP contribution in [0.3, 0.4) is 0 Å². The molecule has 2 heterocycles. The first-order valence-corrected chi connectivity index (χ1v) is 5.72. The van der Waals surface area contributed by atoms with E-state index in [9.17, 15) is 9.59 Å². The number of piperazine rings is 1. The summed E-state index contributed by atoms with van der Waals surface area (Å²) in [7, 11) is 0. The molecule has 90 valence electrons. The molecule has 0 saturated carbocycles. The van der Waals surface area contributed by atoms with Crippen LogP contribution in [0.5, 0.6) is 0 Å². The molecule has 16 heavy (non-hydrogen) atoms. The lowest BCUT2D eigenvalue weighted by atomic mass is 9.98.